The number of rotatable bonds is 4. The van der Waals surface area contributed by atoms with E-state index < -0.39 is 11.6 Å². The fourth-order valence-corrected chi connectivity index (χ4v) is 3.88. The molecule has 27 heavy (non-hydrogen) atoms. The monoisotopic (exact) mass is 369 g/mol. The summed E-state index contributed by atoms with van der Waals surface area (Å²) in [5, 5.41) is 5.55. The van der Waals surface area contributed by atoms with Gasteiger partial charge in [-0.1, -0.05) is 19.1 Å². The van der Waals surface area contributed by atoms with Crippen molar-refractivity contribution in [1.82, 2.24) is 25.5 Å². The summed E-state index contributed by atoms with van der Waals surface area (Å²) in [6.07, 6.45) is 3.07. The number of H-pyrrole nitrogens is 1. The molecule has 0 bridgehead atoms. The lowest BCUT2D eigenvalue weighted by atomic mass is 9.77. The van der Waals surface area contributed by atoms with Gasteiger partial charge in [0.1, 0.15) is 17.9 Å². The van der Waals surface area contributed by atoms with E-state index in [9.17, 15) is 14.4 Å². The van der Waals surface area contributed by atoms with E-state index in [-0.39, 0.29) is 24.9 Å². The number of nitrogens with zero attached hydrogens (tertiary/aromatic N) is 2. The third-order valence-electron chi connectivity index (χ3n) is 5.57. The third kappa shape index (κ3) is 3.27. The molecule has 1 aromatic carbocycles. The molecule has 3 N–H and O–H groups in total. The van der Waals surface area contributed by atoms with E-state index in [1.54, 1.807) is 0 Å². The first-order valence-corrected chi connectivity index (χ1v) is 9.31. The predicted octanol–water partition coefficient (Wildman–Crippen LogP) is 1.68. The highest BCUT2D eigenvalue weighted by Gasteiger charge is 2.52. The summed E-state index contributed by atoms with van der Waals surface area (Å²) in [6, 6.07) is 7.11. The number of amides is 4. The Morgan fingerprint density at radius 3 is 2.78 bits per heavy atom. The highest BCUT2D eigenvalue weighted by Crippen LogP contribution is 2.36. The van der Waals surface area contributed by atoms with E-state index in [4.69, 9.17) is 0 Å². The molecule has 2 aromatic rings. The molecule has 2 heterocycles. The van der Waals surface area contributed by atoms with Crippen LogP contribution in [0.25, 0.3) is 11.0 Å². The van der Waals surface area contributed by atoms with Crippen LogP contribution in [0.15, 0.2) is 24.3 Å². The normalized spacial score (nSPS) is 25.2. The van der Waals surface area contributed by atoms with Gasteiger partial charge < -0.3 is 15.6 Å². The number of imidazole rings is 1. The molecule has 8 heteroatoms. The van der Waals surface area contributed by atoms with Crippen LogP contribution in [0.2, 0.25) is 0 Å². The maximum atomic E-state index is 12.8. The zero-order valence-corrected chi connectivity index (χ0v) is 15.2. The summed E-state index contributed by atoms with van der Waals surface area (Å²) < 4.78 is 0. The van der Waals surface area contributed by atoms with Gasteiger partial charge in [0.05, 0.1) is 17.6 Å². The molecule has 1 saturated carbocycles. The number of aromatic nitrogens is 2. The number of para-hydroxylation sites is 2. The topological polar surface area (TPSA) is 107 Å². The largest absolute Gasteiger partial charge is 0.347 e. The van der Waals surface area contributed by atoms with Crippen LogP contribution in [0.3, 0.4) is 0 Å². The van der Waals surface area contributed by atoms with Crippen molar-refractivity contribution in [3.63, 3.8) is 0 Å². The Hall–Kier alpha value is -2.90. The fourth-order valence-electron chi connectivity index (χ4n) is 3.88. The summed E-state index contributed by atoms with van der Waals surface area (Å²) in [5.41, 5.74) is 0.899. The zero-order valence-electron chi connectivity index (χ0n) is 15.2. The Kier molecular flexibility index (Phi) is 4.33. The van der Waals surface area contributed by atoms with E-state index in [0.717, 1.165) is 28.8 Å². The number of carbonyl (C=O) groups is 3. The van der Waals surface area contributed by atoms with Crippen LogP contribution in [-0.4, -0.2) is 44.8 Å². The average molecular weight is 369 g/mol. The first-order valence-electron chi connectivity index (χ1n) is 9.31. The summed E-state index contributed by atoms with van der Waals surface area (Å²) >= 11 is 0. The number of hydrogen-bond acceptors (Lipinski definition) is 4. The van der Waals surface area contributed by atoms with E-state index >= 15 is 0 Å². The van der Waals surface area contributed by atoms with Crippen molar-refractivity contribution in [3.05, 3.63) is 30.1 Å². The van der Waals surface area contributed by atoms with E-state index in [2.05, 4.69) is 27.5 Å². The summed E-state index contributed by atoms with van der Waals surface area (Å²) in [6.45, 7) is 2.08. The van der Waals surface area contributed by atoms with Crippen molar-refractivity contribution in [2.75, 3.05) is 6.54 Å². The van der Waals surface area contributed by atoms with Crippen LogP contribution in [0.1, 0.15) is 38.4 Å². The fraction of sp³-hybridized carbons (Fsp3) is 0.474. The van der Waals surface area contributed by atoms with Crippen LogP contribution in [0.5, 0.6) is 0 Å². The number of fused-ring (bicyclic) bond motifs is 1. The molecule has 4 amide bonds. The highest BCUT2D eigenvalue weighted by molar-refractivity contribution is 6.09. The Morgan fingerprint density at radius 2 is 2.04 bits per heavy atom. The summed E-state index contributed by atoms with van der Waals surface area (Å²) in [5.74, 6) is 0.513. The lowest BCUT2D eigenvalue weighted by Gasteiger charge is -2.33. The zero-order chi connectivity index (χ0) is 19.0. The van der Waals surface area contributed by atoms with Crippen LogP contribution in [-0.2, 0) is 16.1 Å². The summed E-state index contributed by atoms with van der Waals surface area (Å²) in [4.78, 5) is 45.9. The Morgan fingerprint density at radius 1 is 1.30 bits per heavy atom. The molecule has 1 aliphatic carbocycles. The molecule has 1 aliphatic heterocycles. The Bertz CT molecular complexity index is 865. The lowest BCUT2D eigenvalue weighted by molar-refractivity contribution is -0.136. The molecule has 4 rings (SSSR count). The molecule has 142 valence electrons. The van der Waals surface area contributed by atoms with E-state index in [1.165, 1.54) is 0 Å². The maximum absolute atomic E-state index is 12.8. The quantitative estimate of drug-likeness (QED) is 0.713. The van der Waals surface area contributed by atoms with Crippen LogP contribution < -0.4 is 10.6 Å². The van der Waals surface area contributed by atoms with Crippen molar-refractivity contribution in [3.8, 4) is 0 Å². The minimum absolute atomic E-state index is 0.208. The Balaban J connectivity index is 1.36. The number of urea groups is 1. The first kappa shape index (κ1) is 17.5. The van der Waals surface area contributed by atoms with E-state index in [0.29, 0.717) is 24.6 Å². The van der Waals surface area contributed by atoms with Crippen LogP contribution >= 0.6 is 0 Å². The molecule has 2 fully saturated rings. The number of carbonyl (C=O) groups excluding carboxylic acids is 3. The van der Waals surface area contributed by atoms with Crippen LogP contribution in [0.4, 0.5) is 4.79 Å². The van der Waals surface area contributed by atoms with Gasteiger partial charge in [-0.2, -0.15) is 0 Å². The van der Waals surface area contributed by atoms with Crippen molar-refractivity contribution in [2.45, 2.75) is 44.7 Å². The number of hydrogen-bond donors (Lipinski definition) is 3. The van der Waals surface area contributed by atoms with Gasteiger partial charge in [-0.05, 0) is 43.7 Å². The molecule has 1 spiro atoms. The molecule has 8 nitrogen and oxygen atoms in total. The van der Waals surface area contributed by atoms with E-state index in [1.807, 2.05) is 24.3 Å². The minimum atomic E-state index is -0.817. The SMILES string of the molecule is CC1CCC2(CC1)NC(=O)N(CC(=O)NCc1nc3ccccc3[nH]1)C2=O. The highest BCUT2D eigenvalue weighted by atomic mass is 16.2. The van der Waals surface area contributed by atoms with Gasteiger partial charge in [0, 0.05) is 0 Å². The smallest absolute Gasteiger partial charge is 0.325 e. The maximum Gasteiger partial charge on any atom is 0.325 e. The molecule has 2 aliphatic rings. The Labute approximate surface area is 156 Å². The van der Waals surface area contributed by atoms with Gasteiger partial charge >= 0.3 is 6.03 Å². The predicted molar refractivity (Wildman–Crippen MR) is 98.5 cm³/mol. The van der Waals surface area contributed by atoms with Crippen molar-refractivity contribution >= 4 is 28.9 Å². The second-order valence-corrected chi connectivity index (χ2v) is 7.56. The van der Waals surface area contributed by atoms with Gasteiger partial charge in [0.2, 0.25) is 5.91 Å². The number of nitrogens with one attached hydrogen (secondary N) is 3. The first-order chi connectivity index (χ1) is 13.0. The molecular weight excluding hydrogens is 346 g/mol. The van der Waals surface area contributed by atoms with Gasteiger partial charge in [-0.15, -0.1) is 0 Å². The second-order valence-electron chi connectivity index (χ2n) is 7.56. The average Bonchev–Trinajstić information content (AvgIpc) is 3.17. The molecule has 0 atom stereocenters. The molecule has 0 radical (unpaired) electrons. The third-order valence-corrected chi connectivity index (χ3v) is 5.57. The van der Waals surface area contributed by atoms with Gasteiger partial charge in [-0.3, -0.25) is 14.5 Å². The van der Waals surface area contributed by atoms with Crippen LogP contribution in [0, 0.1) is 5.92 Å². The van der Waals surface area contributed by atoms with Gasteiger partial charge in [0.25, 0.3) is 5.91 Å². The number of aromatic amines is 1. The molecular formula is C19H23N5O3. The van der Waals surface area contributed by atoms with Crippen molar-refractivity contribution in [2.24, 2.45) is 5.92 Å². The number of benzene rings is 1. The van der Waals surface area contributed by atoms with Gasteiger partial charge in [0.15, 0.2) is 0 Å². The summed E-state index contributed by atoms with van der Waals surface area (Å²) in [7, 11) is 0. The van der Waals surface area contributed by atoms with Crippen molar-refractivity contribution in [1.29, 1.82) is 0 Å². The number of imide groups is 1. The van der Waals surface area contributed by atoms with Crippen molar-refractivity contribution < 1.29 is 14.4 Å². The second kappa shape index (κ2) is 6.68. The molecule has 1 saturated heterocycles. The molecule has 0 unspecified atom stereocenters. The minimum Gasteiger partial charge on any atom is -0.347 e. The molecule has 1 aromatic heterocycles. The lowest BCUT2D eigenvalue weighted by Crippen LogP contribution is -2.49. The standard InChI is InChI=1S/C19H23N5O3/c1-12-6-8-19(9-7-12)17(26)24(18(27)23-19)11-16(25)20-10-15-21-13-4-2-3-5-14(13)22-15/h2-5,12H,6-11H2,1H3,(H,20,25)(H,21,22)(H,23,27). The van der Waals surface area contributed by atoms with Gasteiger partial charge in [-0.25, -0.2) is 9.78 Å².